The summed E-state index contributed by atoms with van der Waals surface area (Å²) >= 11 is 0. The molecule has 0 N–H and O–H groups in total. The lowest BCUT2D eigenvalue weighted by Gasteiger charge is -2.24. The predicted octanol–water partition coefficient (Wildman–Crippen LogP) is 3.08. The Labute approximate surface area is 167 Å². The molecule has 0 unspecified atom stereocenters. The second kappa shape index (κ2) is 8.21. The van der Waals surface area contributed by atoms with E-state index in [2.05, 4.69) is 11.0 Å². The van der Waals surface area contributed by atoms with E-state index in [4.69, 9.17) is 10.00 Å². The summed E-state index contributed by atoms with van der Waals surface area (Å²) in [6.07, 6.45) is 0.743. The third kappa shape index (κ3) is 3.98. The predicted molar refractivity (Wildman–Crippen MR) is 109 cm³/mol. The topological polar surface area (TPSA) is 73.6 Å². The summed E-state index contributed by atoms with van der Waals surface area (Å²) in [4.78, 5) is 2.51. The first kappa shape index (κ1) is 20.2. The number of hydrogen-bond donors (Lipinski definition) is 0. The van der Waals surface area contributed by atoms with Gasteiger partial charge in [0, 0.05) is 31.9 Å². The van der Waals surface area contributed by atoms with Crippen LogP contribution in [0.3, 0.4) is 0 Å². The third-order valence-corrected chi connectivity index (χ3v) is 7.17. The first-order chi connectivity index (χ1) is 13.4. The maximum atomic E-state index is 13.3. The van der Waals surface area contributed by atoms with Crippen LogP contribution in [-0.2, 0) is 10.0 Å². The number of nitrogens with zero attached hydrogens (tertiary/aromatic N) is 3. The van der Waals surface area contributed by atoms with Crippen molar-refractivity contribution >= 4 is 15.7 Å². The standard InChI is InChI=1S/C21H25N3O3S/c1-16-14-21(17(2)13-20(16)27-3)28(25,26)24-10-4-9-23(11-12-24)19-7-5-18(15-22)6-8-19/h5-8,13-14H,4,9-12H2,1-3H3. The Morgan fingerprint density at radius 2 is 1.71 bits per heavy atom. The Bertz CT molecular complexity index is 995. The van der Waals surface area contributed by atoms with Crippen molar-refractivity contribution < 1.29 is 13.2 Å². The van der Waals surface area contributed by atoms with Crippen molar-refractivity contribution in [1.29, 1.82) is 5.26 Å². The van der Waals surface area contributed by atoms with Gasteiger partial charge in [-0.1, -0.05) is 0 Å². The fourth-order valence-electron chi connectivity index (χ4n) is 3.54. The van der Waals surface area contributed by atoms with E-state index >= 15 is 0 Å². The molecule has 6 nitrogen and oxygen atoms in total. The van der Waals surface area contributed by atoms with Crippen molar-refractivity contribution in [3.8, 4) is 11.8 Å². The van der Waals surface area contributed by atoms with E-state index < -0.39 is 10.0 Å². The maximum absolute atomic E-state index is 13.3. The Morgan fingerprint density at radius 1 is 1.00 bits per heavy atom. The van der Waals surface area contributed by atoms with Gasteiger partial charge >= 0.3 is 0 Å². The molecule has 0 amide bonds. The van der Waals surface area contributed by atoms with E-state index in [1.54, 1.807) is 42.6 Å². The molecule has 2 aromatic carbocycles. The Morgan fingerprint density at radius 3 is 2.36 bits per heavy atom. The van der Waals surface area contributed by atoms with Gasteiger partial charge in [-0.2, -0.15) is 9.57 Å². The molecule has 7 heteroatoms. The van der Waals surface area contributed by atoms with E-state index in [0.29, 0.717) is 41.4 Å². The third-order valence-electron chi connectivity index (χ3n) is 5.13. The largest absolute Gasteiger partial charge is 0.496 e. The molecule has 148 valence electrons. The Balaban J connectivity index is 1.81. The molecular weight excluding hydrogens is 374 g/mol. The van der Waals surface area contributed by atoms with E-state index in [1.807, 2.05) is 19.1 Å². The van der Waals surface area contributed by atoms with Crippen LogP contribution >= 0.6 is 0 Å². The second-order valence-corrected chi connectivity index (χ2v) is 8.90. The van der Waals surface area contributed by atoms with Crippen LogP contribution in [0.2, 0.25) is 0 Å². The van der Waals surface area contributed by atoms with Gasteiger partial charge < -0.3 is 9.64 Å². The average Bonchev–Trinajstić information content (AvgIpc) is 2.96. The van der Waals surface area contributed by atoms with Crippen LogP contribution in [0.4, 0.5) is 5.69 Å². The SMILES string of the molecule is COc1cc(C)c(S(=O)(=O)N2CCCN(c3ccc(C#N)cc3)CC2)cc1C. The van der Waals surface area contributed by atoms with Crippen molar-refractivity contribution in [1.82, 2.24) is 4.31 Å². The second-order valence-electron chi connectivity index (χ2n) is 6.99. The number of nitriles is 1. The molecule has 0 atom stereocenters. The van der Waals surface area contributed by atoms with Crippen LogP contribution in [-0.4, -0.2) is 46.0 Å². The van der Waals surface area contributed by atoms with Gasteiger partial charge in [0.2, 0.25) is 10.0 Å². The Hall–Kier alpha value is -2.56. The van der Waals surface area contributed by atoms with Crippen molar-refractivity contribution in [3.05, 3.63) is 53.1 Å². The lowest BCUT2D eigenvalue weighted by Crippen LogP contribution is -2.35. The fraction of sp³-hybridized carbons (Fsp3) is 0.381. The monoisotopic (exact) mass is 399 g/mol. The fourth-order valence-corrected chi connectivity index (χ4v) is 5.30. The quantitative estimate of drug-likeness (QED) is 0.790. The molecule has 28 heavy (non-hydrogen) atoms. The minimum absolute atomic E-state index is 0.345. The molecular formula is C21H25N3O3S. The van der Waals surface area contributed by atoms with E-state index in [1.165, 1.54) is 0 Å². The van der Waals surface area contributed by atoms with E-state index in [-0.39, 0.29) is 0 Å². The van der Waals surface area contributed by atoms with Gasteiger partial charge in [0.1, 0.15) is 5.75 Å². The summed E-state index contributed by atoms with van der Waals surface area (Å²) in [5.74, 6) is 0.694. The van der Waals surface area contributed by atoms with Crippen LogP contribution in [0.15, 0.2) is 41.3 Å². The molecule has 0 bridgehead atoms. The first-order valence-corrected chi connectivity index (χ1v) is 10.7. The van der Waals surface area contributed by atoms with Crippen LogP contribution in [0.25, 0.3) is 0 Å². The highest BCUT2D eigenvalue weighted by Crippen LogP contribution is 2.28. The van der Waals surface area contributed by atoms with Crippen LogP contribution in [0.5, 0.6) is 5.75 Å². The summed E-state index contributed by atoms with van der Waals surface area (Å²) in [7, 11) is -1.99. The molecule has 1 fully saturated rings. The van der Waals surface area contributed by atoms with Crippen molar-refractivity contribution in [2.75, 3.05) is 38.2 Å². The van der Waals surface area contributed by atoms with Crippen LogP contribution in [0, 0.1) is 25.2 Å². The highest BCUT2D eigenvalue weighted by atomic mass is 32.2. The highest BCUT2D eigenvalue weighted by Gasteiger charge is 2.29. The lowest BCUT2D eigenvalue weighted by molar-refractivity contribution is 0.410. The molecule has 1 aliphatic heterocycles. The summed E-state index contributed by atoms with van der Waals surface area (Å²) in [6, 6.07) is 13.0. The number of anilines is 1. The number of ether oxygens (including phenoxy) is 1. The number of hydrogen-bond acceptors (Lipinski definition) is 5. The molecule has 0 aliphatic carbocycles. The normalized spacial score (nSPS) is 15.7. The number of methoxy groups -OCH3 is 1. The van der Waals surface area contributed by atoms with Gasteiger partial charge in [-0.15, -0.1) is 0 Å². The minimum atomic E-state index is -3.57. The van der Waals surface area contributed by atoms with Gasteiger partial charge in [-0.3, -0.25) is 0 Å². The van der Waals surface area contributed by atoms with Gasteiger partial charge in [0.15, 0.2) is 0 Å². The molecule has 0 radical (unpaired) electrons. The van der Waals surface area contributed by atoms with Crippen LogP contribution in [0.1, 0.15) is 23.1 Å². The first-order valence-electron chi connectivity index (χ1n) is 9.27. The smallest absolute Gasteiger partial charge is 0.243 e. The van der Waals surface area contributed by atoms with Crippen molar-refractivity contribution in [2.45, 2.75) is 25.2 Å². The number of rotatable bonds is 4. The zero-order chi connectivity index (χ0) is 20.3. The molecule has 1 saturated heterocycles. The van der Waals surface area contributed by atoms with E-state index in [9.17, 15) is 8.42 Å². The number of sulfonamides is 1. The summed E-state index contributed by atoms with van der Waals surface area (Å²) in [5, 5.41) is 8.95. The van der Waals surface area contributed by atoms with Gasteiger partial charge in [0.25, 0.3) is 0 Å². The average molecular weight is 400 g/mol. The highest BCUT2D eigenvalue weighted by molar-refractivity contribution is 7.89. The molecule has 0 saturated carbocycles. The van der Waals surface area contributed by atoms with Crippen molar-refractivity contribution in [3.63, 3.8) is 0 Å². The molecule has 0 spiro atoms. The number of benzene rings is 2. The van der Waals surface area contributed by atoms with Crippen LogP contribution < -0.4 is 9.64 Å². The molecule has 1 aliphatic rings. The summed E-state index contributed by atoms with van der Waals surface area (Å²) < 4.78 is 33.4. The van der Waals surface area contributed by atoms with Gasteiger partial charge in [0.05, 0.1) is 23.6 Å². The zero-order valence-electron chi connectivity index (χ0n) is 16.5. The van der Waals surface area contributed by atoms with Gasteiger partial charge in [-0.05, 0) is 67.8 Å². The molecule has 2 aromatic rings. The van der Waals surface area contributed by atoms with Crippen molar-refractivity contribution in [2.24, 2.45) is 0 Å². The number of aryl methyl sites for hydroxylation is 2. The van der Waals surface area contributed by atoms with E-state index in [0.717, 1.165) is 24.2 Å². The summed E-state index contributed by atoms with van der Waals surface area (Å²) in [5.41, 5.74) is 3.12. The van der Waals surface area contributed by atoms with Gasteiger partial charge in [-0.25, -0.2) is 8.42 Å². The molecule has 3 rings (SSSR count). The Kier molecular flexibility index (Phi) is 5.92. The molecule has 0 aromatic heterocycles. The zero-order valence-corrected chi connectivity index (χ0v) is 17.3. The molecule has 1 heterocycles. The lowest BCUT2D eigenvalue weighted by atomic mass is 10.1. The summed E-state index contributed by atoms with van der Waals surface area (Å²) in [6.45, 7) is 5.95. The minimum Gasteiger partial charge on any atom is -0.496 e. The maximum Gasteiger partial charge on any atom is 0.243 e.